The lowest BCUT2D eigenvalue weighted by Crippen LogP contribution is -1.99. The number of rotatable bonds is 5. The first-order chi connectivity index (χ1) is 6.22. The van der Waals surface area contributed by atoms with Gasteiger partial charge in [0.15, 0.2) is 0 Å². The largest absolute Gasteiger partial charge is 0.481 e. The van der Waals surface area contributed by atoms with Gasteiger partial charge in [-0.1, -0.05) is 0 Å². The highest BCUT2D eigenvalue weighted by molar-refractivity contribution is 5.66. The van der Waals surface area contributed by atoms with Gasteiger partial charge < -0.3 is 9.84 Å². The summed E-state index contributed by atoms with van der Waals surface area (Å²) in [5.41, 5.74) is 0. The van der Waals surface area contributed by atoms with E-state index in [1.54, 1.807) is 0 Å². The summed E-state index contributed by atoms with van der Waals surface area (Å²) < 4.78 is 4.99. The third-order valence-electron chi connectivity index (χ3n) is 1.36. The van der Waals surface area contributed by atoms with Gasteiger partial charge in [-0.3, -0.25) is 9.89 Å². The molecule has 0 aliphatic carbocycles. The molecule has 72 valence electrons. The maximum atomic E-state index is 10.2. The number of hydrogen-bond acceptors (Lipinski definition) is 4. The molecule has 1 rings (SSSR count). The van der Waals surface area contributed by atoms with Crippen LogP contribution in [0.25, 0.3) is 0 Å². The van der Waals surface area contributed by atoms with E-state index in [-0.39, 0.29) is 12.4 Å². The fourth-order valence-electron chi connectivity index (χ4n) is 0.809. The van der Waals surface area contributed by atoms with Crippen LogP contribution in [0.15, 0.2) is 0 Å². The monoisotopic (exact) mass is 185 g/mol. The predicted octanol–water partition coefficient (Wildman–Crippen LogP) is 0.221. The smallest absolute Gasteiger partial charge is 0.335 e. The van der Waals surface area contributed by atoms with Crippen molar-refractivity contribution in [3.8, 4) is 6.01 Å². The van der Waals surface area contributed by atoms with Crippen LogP contribution in [-0.4, -0.2) is 32.9 Å². The lowest BCUT2D eigenvalue weighted by molar-refractivity contribution is -0.137. The molecule has 0 aliphatic heterocycles. The minimum Gasteiger partial charge on any atom is -0.481 e. The van der Waals surface area contributed by atoms with Gasteiger partial charge >= 0.3 is 12.0 Å². The van der Waals surface area contributed by atoms with Crippen LogP contribution in [0.3, 0.4) is 0 Å². The topological polar surface area (TPSA) is 88.1 Å². The Kier molecular flexibility index (Phi) is 3.24. The molecule has 0 amide bonds. The third-order valence-corrected chi connectivity index (χ3v) is 1.36. The first kappa shape index (κ1) is 9.50. The summed E-state index contributed by atoms with van der Waals surface area (Å²) >= 11 is 0. The molecule has 6 heteroatoms. The fraction of sp³-hybridized carbons (Fsp3) is 0.571. The van der Waals surface area contributed by atoms with Crippen LogP contribution in [0.1, 0.15) is 19.2 Å². The van der Waals surface area contributed by atoms with E-state index in [9.17, 15) is 4.79 Å². The van der Waals surface area contributed by atoms with Gasteiger partial charge in [0.25, 0.3) is 0 Å². The number of carbonyl (C=O) groups is 1. The molecule has 1 aromatic heterocycles. The van der Waals surface area contributed by atoms with Crippen molar-refractivity contribution in [2.45, 2.75) is 19.8 Å². The van der Waals surface area contributed by atoms with Gasteiger partial charge in [0.05, 0.1) is 13.0 Å². The van der Waals surface area contributed by atoms with Crippen LogP contribution in [-0.2, 0) is 11.2 Å². The molecule has 1 heterocycles. The zero-order chi connectivity index (χ0) is 9.68. The van der Waals surface area contributed by atoms with Crippen molar-refractivity contribution in [3.63, 3.8) is 0 Å². The van der Waals surface area contributed by atoms with E-state index in [0.717, 1.165) is 0 Å². The van der Waals surface area contributed by atoms with Crippen LogP contribution in [0.4, 0.5) is 0 Å². The Balaban J connectivity index is 2.44. The van der Waals surface area contributed by atoms with Gasteiger partial charge in [0, 0.05) is 6.42 Å². The van der Waals surface area contributed by atoms with Crippen molar-refractivity contribution in [2.75, 3.05) is 6.61 Å². The molecule has 0 fully saturated rings. The Labute approximate surface area is 74.9 Å². The fourth-order valence-corrected chi connectivity index (χ4v) is 0.809. The summed E-state index contributed by atoms with van der Waals surface area (Å²) in [4.78, 5) is 14.1. The number of aliphatic carboxylic acids is 1. The number of carboxylic acids is 1. The normalized spacial score (nSPS) is 9.92. The number of H-pyrrole nitrogens is 1. The second-order valence-electron chi connectivity index (χ2n) is 2.39. The zero-order valence-electron chi connectivity index (χ0n) is 7.28. The third kappa shape index (κ3) is 3.10. The zero-order valence-corrected chi connectivity index (χ0v) is 7.28. The van der Waals surface area contributed by atoms with E-state index in [4.69, 9.17) is 9.84 Å². The summed E-state index contributed by atoms with van der Waals surface area (Å²) in [6.07, 6.45) is 0.385. The van der Waals surface area contributed by atoms with Crippen LogP contribution in [0.2, 0.25) is 0 Å². The number of aryl methyl sites for hydroxylation is 1. The summed E-state index contributed by atoms with van der Waals surface area (Å²) in [6, 6.07) is 0.267. The minimum atomic E-state index is -0.852. The molecule has 0 bridgehead atoms. The first-order valence-corrected chi connectivity index (χ1v) is 3.98. The van der Waals surface area contributed by atoms with E-state index >= 15 is 0 Å². The number of nitrogens with zero attached hydrogens (tertiary/aromatic N) is 2. The quantitative estimate of drug-likeness (QED) is 0.685. The Bertz CT molecular complexity index is 284. The van der Waals surface area contributed by atoms with Gasteiger partial charge in [-0.15, -0.1) is 5.10 Å². The van der Waals surface area contributed by atoms with Gasteiger partial charge in [0.2, 0.25) is 0 Å². The second-order valence-corrected chi connectivity index (χ2v) is 2.39. The number of ether oxygens (including phenoxy) is 1. The summed E-state index contributed by atoms with van der Waals surface area (Å²) in [5.74, 6) is -0.319. The summed E-state index contributed by atoms with van der Waals surface area (Å²) in [6.45, 7) is 2.32. The second kappa shape index (κ2) is 4.44. The Morgan fingerprint density at radius 3 is 3.08 bits per heavy atom. The van der Waals surface area contributed by atoms with Crippen molar-refractivity contribution in [1.82, 2.24) is 15.2 Å². The Morgan fingerprint density at radius 1 is 1.69 bits per heavy atom. The SMILES string of the molecule is CCOc1n[nH]c(CCC(=O)O)n1. The van der Waals surface area contributed by atoms with Crippen molar-refractivity contribution in [2.24, 2.45) is 0 Å². The lowest BCUT2D eigenvalue weighted by Gasteiger charge is -1.92. The minimum absolute atomic E-state index is 0.0424. The number of aromatic nitrogens is 3. The van der Waals surface area contributed by atoms with Crippen molar-refractivity contribution in [1.29, 1.82) is 0 Å². The lowest BCUT2D eigenvalue weighted by atomic mass is 10.3. The number of hydrogen-bond donors (Lipinski definition) is 2. The van der Waals surface area contributed by atoms with Crippen molar-refractivity contribution in [3.05, 3.63) is 5.82 Å². The highest BCUT2D eigenvalue weighted by atomic mass is 16.5. The van der Waals surface area contributed by atoms with Crippen LogP contribution >= 0.6 is 0 Å². The standard InChI is InChI=1S/C7H11N3O3/c1-2-13-7-8-5(9-10-7)3-4-6(11)12/h2-4H2,1H3,(H,11,12)(H,8,9,10). The molecule has 6 nitrogen and oxygen atoms in total. The Hall–Kier alpha value is -1.59. The van der Waals surface area contributed by atoms with E-state index in [1.807, 2.05) is 6.92 Å². The molecule has 0 aliphatic rings. The van der Waals surface area contributed by atoms with E-state index in [2.05, 4.69) is 15.2 Å². The van der Waals surface area contributed by atoms with Crippen LogP contribution in [0.5, 0.6) is 6.01 Å². The van der Waals surface area contributed by atoms with Crippen molar-refractivity contribution < 1.29 is 14.6 Å². The maximum absolute atomic E-state index is 10.2. The first-order valence-electron chi connectivity index (χ1n) is 3.98. The average molecular weight is 185 g/mol. The van der Waals surface area contributed by atoms with Gasteiger partial charge in [-0.25, -0.2) is 0 Å². The van der Waals surface area contributed by atoms with Gasteiger partial charge in [-0.05, 0) is 6.92 Å². The molecule has 2 N–H and O–H groups in total. The van der Waals surface area contributed by atoms with E-state index in [0.29, 0.717) is 18.9 Å². The Morgan fingerprint density at radius 2 is 2.46 bits per heavy atom. The van der Waals surface area contributed by atoms with Crippen LogP contribution in [0, 0.1) is 0 Å². The van der Waals surface area contributed by atoms with E-state index < -0.39 is 5.97 Å². The molecule has 0 radical (unpaired) electrons. The molecule has 0 aromatic carbocycles. The summed E-state index contributed by atoms with van der Waals surface area (Å²) in [5, 5.41) is 14.7. The molecule has 0 unspecified atom stereocenters. The van der Waals surface area contributed by atoms with Crippen LogP contribution < -0.4 is 4.74 Å². The molecule has 0 saturated heterocycles. The molecule has 13 heavy (non-hydrogen) atoms. The highest BCUT2D eigenvalue weighted by Crippen LogP contribution is 2.02. The average Bonchev–Trinajstić information content (AvgIpc) is 2.50. The number of aromatic amines is 1. The molecule has 1 aromatic rings. The molecular weight excluding hydrogens is 174 g/mol. The van der Waals surface area contributed by atoms with E-state index in [1.165, 1.54) is 0 Å². The number of carboxylic acid groups (broad SMARTS) is 1. The molecule has 0 atom stereocenters. The highest BCUT2D eigenvalue weighted by Gasteiger charge is 2.05. The molecular formula is C7H11N3O3. The predicted molar refractivity (Wildman–Crippen MR) is 43.5 cm³/mol. The molecule has 0 spiro atoms. The van der Waals surface area contributed by atoms with Gasteiger partial charge in [0.1, 0.15) is 5.82 Å². The number of nitrogens with one attached hydrogen (secondary N) is 1. The van der Waals surface area contributed by atoms with Gasteiger partial charge in [-0.2, -0.15) is 4.98 Å². The summed E-state index contributed by atoms with van der Waals surface area (Å²) in [7, 11) is 0. The maximum Gasteiger partial charge on any atom is 0.335 e. The molecule has 0 saturated carbocycles. The van der Waals surface area contributed by atoms with Crippen molar-refractivity contribution >= 4 is 5.97 Å².